The second-order valence-corrected chi connectivity index (χ2v) is 6.07. The molecule has 0 heterocycles. The van der Waals surface area contributed by atoms with E-state index in [1.807, 2.05) is 5.43 Å². The number of halogens is 3. The molecule has 2 N–H and O–H groups in total. The fourth-order valence-corrected chi connectivity index (χ4v) is 2.83. The number of amides is 1. The molecule has 2 aromatic carbocycles. The second-order valence-electron chi connectivity index (χ2n) is 4.42. The van der Waals surface area contributed by atoms with Crippen molar-refractivity contribution in [1.29, 1.82) is 0 Å². The maximum absolute atomic E-state index is 12.9. The Bertz CT molecular complexity index is 806. The molecule has 0 saturated heterocycles. The highest BCUT2D eigenvalue weighted by atomic mass is 32.2. The van der Waals surface area contributed by atoms with Crippen LogP contribution in [0.3, 0.4) is 0 Å². The Kier molecular flexibility index (Phi) is 4.71. The van der Waals surface area contributed by atoms with Gasteiger partial charge in [-0.15, -0.1) is 4.83 Å². The van der Waals surface area contributed by atoms with Gasteiger partial charge < -0.3 is 0 Å². The molecular weight excluding hydrogens is 333 g/mol. The lowest BCUT2D eigenvalue weighted by atomic mass is 10.2. The summed E-state index contributed by atoms with van der Waals surface area (Å²) in [5.74, 6) is -0.793. The van der Waals surface area contributed by atoms with Gasteiger partial charge in [0.15, 0.2) is 0 Å². The molecular formula is C14H11F3N2O3S. The van der Waals surface area contributed by atoms with Crippen molar-refractivity contribution in [3.05, 3.63) is 65.7 Å². The van der Waals surface area contributed by atoms with Crippen LogP contribution in [0.15, 0.2) is 59.5 Å². The van der Waals surface area contributed by atoms with Gasteiger partial charge in [0.25, 0.3) is 15.9 Å². The van der Waals surface area contributed by atoms with Crippen molar-refractivity contribution in [2.75, 3.05) is 0 Å². The topological polar surface area (TPSA) is 75.3 Å². The first-order valence-electron chi connectivity index (χ1n) is 6.25. The van der Waals surface area contributed by atoms with Crippen LogP contribution in [0.5, 0.6) is 0 Å². The molecule has 0 bridgehead atoms. The zero-order valence-corrected chi connectivity index (χ0v) is 12.3. The number of benzene rings is 2. The molecule has 5 nitrogen and oxygen atoms in total. The summed E-state index contributed by atoms with van der Waals surface area (Å²) in [6, 6.07) is 11.3. The summed E-state index contributed by atoms with van der Waals surface area (Å²) in [6.45, 7) is 0. The summed E-state index contributed by atoms with van der Waals surface area (Å²) in [4.78, 5) is 12.4. The number of hydrogen-bond donors (Lipinski definition) is 2. The summed E-state index contributed by atoms with van der Waals surface area (Å²) >= 11 is 0. The number of hydrogen-bond acceptors (Lipinski definition) is 3. The van der Waals surface area contributed by atoms with Crippen LogP contribution in [0.1, 0.15) is 15.9 Å². The molecule has 0 aliphatic rings. The molecule has 0 unspecified atom stereocenters. The Hall–Kier alpha value is -2.39. The van der Waals surface area contributed by atoms with Gasteiger partial charge >= 0.3 is 6.18 Å². The Balaban J connectivity index is 2.22. The van der Waals surface area contributed by atoms with E-state index in [-0.39, 0.29) is 5.56 Å². The molecule has 0 aliphatic carbocycles. The summed E-state index contributed by atoms with van der Waals surface area (Å²) in [5, 5.41) is 0. The minimum atomic E-state index is -4.84. The zero-order chi connectivity index (χ0) is 17.1. The third kappa shape index (κ3) is 4.08. The fraction of sp³-hybridized carbons (Fsp3) is 0.0714. The zero-order valence-electron chi connectivity index (χ0n) is 11.5. The highest BCUT2D eigenvalue weighted by Crippen LogP contribution is 2.33. The third-order valence-electron chi connectivity index (χ3n) is 2.82. The molecule has 23 heavy (non-hydrogen) atoms. The van der Waals surface area contributed by atoms with Crippen LogP contribution in [0.4, 0.5) is 13.2 Å². The minimum absolute atomic E-state index is 0.152. The van der Waals surface area contributed by atoms with E-state index in [0.29, 0.717) is 6.07 Å². The largest absolute Gasteiger partial charge is 0.417 e. The van der Waals surface area contributed by atoms with Gasteiger partial charge in [-0.05, 0) is 24.3 Å². The van der Waals surface area contributed by atoms with E-state index in [1.165, 1.54) is 12.1 Å². The van der Waals surface area contributed by atoms with Gasteiger partial charge in [0.1, 0.15) is 0 Å². The van der Waals surface area contributed by atoms with Gasteiger partial charge in [-0.1, -0.05) is 30.3 Å². The van der Waals surface area contributed by atoms with Crippen LogP contribution in [0, 0.1) is 0 Å². The molecule has 2 aromatic rings. The lowest BCUT2D eigenvalue weighted by Crippen LogP contribution is -2.42. The molecule has 1 amide bonds. The summed E-state index contributed by atoms with van der Waals surface area (Å²) in [6.07, 6.45) is -4.84. The van der Waals surface area contributed by atoms with Crippen molar-refractivity contribution < 1.29 is 26.4 Å². The minimum Gasteiger partial charge on any atom is -0.273 e. The molecule has 0 aromatic heterocycles. The van der Waals surface area contributed by atoms with E-state index in [0.717, 1.165) is 18.2 Å². The van der Waals surface area contributed by atoms with Crippen LogP contribution in [-0.2, 0) is 16.2 Å². The Morgan fingerprint density at radius 3 is 2.09 bits per heavy atom. The van der Waals surface area contributed by atoms with Crippen molar-refractivity contribution in [2.24, 2.45) is 0 Å². The lowest BCUT2D eigenvalue weighted by Gasteiger charge is -2.14. The number of rotatable bonds is 4. The molecule has 2 rings (SSSR count). The average molecular weight is 344 g/mol. The summed E-state index contributed by atoms with van der Waals surface area (Å²) in [5.41, 5.74) is 0.706. The first-order valence-corrected chi connectivity index (χ1v) is 7.73. The van der Waals surface area contributed by atoms with Crippen LogP contribution in [0.2, 0.25) is 0 Å². The number of sulfonamides is 1. The SMILES string of the molecule is O=C(NNS(=O)(=O)c1ccccc1C(F)(F)F)c1ccccc1. The standard InChI is InChI=1S/C14H11F3N2O3S/c15-14(16,17)11-8-4-5-9-12(11)23(21,22)19-18-13(20)10-6-2-1-3-7-10/h1-9,19H,(H,18,20). The van der Waals surface area contributed by atoms with Gasteiger partial charge in [0, 0.05) is 5.56 Å². The smallest absolute Gasteiger partial charge is 0.273 e. The first kappa shape index (κ1) is 17.0. The highest BCUT2D eigenvalue weighted by molar-refractivity contribution is 7.89. The predicted octanol–water partition coefficient (Wildman–Crippen LogP) is 2.33. The highest BCUT2D eigenvalue weighted by Gasteiger charge is 2.36. The van der Waals surface area contributed by atoms with E-state index in [1.54, 1.807) is 23.0 Å². The van der Waals surface area contributed by atoms with E-state index in [9.17, 15) is 26.4 Å². The molecule has 9 heteroatoms. The van der Waals surface area contributed by atoms with Gasteiger partial charge in [-0.25, -0.2) is 8.42 Å². The maximum Gasteiger partial charge on any atom is 0.417 e. The predicted molar refractivity (Wildman–Crippen MR) is 75.7 cm³/mol. The van der Waals surface area contributed by atoms with E-state index < -0.39 is 32.6 Å². The number of carbonyl (C=O) groups excluding carboxylic acids is 1. The van der Waals surface area contributed by atoms with Gasteiger partial charge in [0.2, 0.25) is 0 Å². The molecule has 122 valence electrons. The number of hydrazine groups is 1. The monoisotopic (exact) mass is 344 g/mol. The Morgan fingerprint density at radius 2 is 1.48 bits per heavy atom. The molecule has 0 spiro atoms. The molecule has 0 saturated carbocycles. The van der Waals surface area contributed by atoms with Crippen LogP contribution in [-0.4, -0.2) is 14.3 Å². The van der Waals surface area contributed by atoms with Crippen LogP contribution in [0.25, 0.3) is 0 Å². The van der Waals surface area contributed by atoms with Crippen molar-refractivity contribution >= 4 is 15.9 Å². The van der Waals surface area contributed by atoms with E-state index >= 15 is 0 Å². The molecule has 0 atom stereocenters. The van der Waals surface area contributed by atoms with Crippen LogP contribution >= 0.6 is 0 Å². The van der Waals surface area contributed by atoms with Crippen molar-refractivity contribution in [1.82, 2.24) is 10.3 Å². The van der Waals surface area contributed by atoms with Gasteiger partial charge in [-0.3, -0.25) is 10.2 Å². The normalized spacial score (nSPS) is 12.0. The van der Waals surface area contributed by atoms with Crippen molar-refractivity contribution in [3.63, 3.8) is 0 Å². The summed E-state index contributed by atoms with van der Waals surface area (Å²) in [7, 11) is -4.58. The molecule has 0 radical (unpaired) electrons. The molecule has 0 fully saturated rings. The second kappa shape index (κ2) is 6.39. The Labute approximate surface area is 130 Å². The maximum atomic E-state index is 12.9. The van der Waals surface area contributed by atoms with Crippen LogP contribution < -0.4 is 10.3 Å². The van der Waals surface area contributed by atoms with Gasteiger partial charge in [-0.2, -0.15) is 13.2 Å². The third-order valence-corrected chi connectivity index (χ3v) is 4.12. The van der Waals surface area contributed by atoms with Crippen molar-refractivity contribution in [2.45, 2.75) is 11.1 Å². The Morgan fingerprint density at radius 1 is 0.913 bits per heavy atom. The average Bonchev–Trinajstić information content (AvgIpc) is 2.53. The summed E-state index contributed by atoms with van der Waals surface area (Å²) < 4.78 is 62.6. The van der Waals surface area contributed by atoms with E-state index in [2.05, 4.69) is 0 Å². The number of alkyl halides is 3. The number of nitrogens with one attached hydrogen (secondary N) is 2. The number of carbonyl (C=O) groups is 1. The van der Waals surface area contributed by atoms with Crippen molar-refractivity contribution in [3.8, 4) is 0 Å². The lowest BCUT2D eigenvalue weighted by molar-refractivity contribution is -0.139. The first-order chi connectivity index (χ1) is 10.7. The van der Waals surface area contributed by atoms with E-state index in [4.69, 9.17) is 0 Å². The fourth-order valence-electron chi connectivity index (χ4n) is 1.77. The quantitative estimate of drug-likeness (QED) is 0.836. The molecule has 0 aliphatic heterocycles. The van der Waals surface area contributed by atoms with Gasteiger partial charge in [0.05, 0.1) is 10.5 Å².